The van der Waals surface area contributed by atoms with Crippen LogP contribution >= 0.6 is 23.4 Å². The molecule has 170 valence electrons. The molecular formula is C23H26ClN3O4S. The van der Waals surface area contributed by atoms with Gasteiger partial charge in [-0.2, -0.15) is 11.8 Å². The lowest BCUT2D eigenvalue weighted by molar-refractivity contribution is -0.130. The number of methoxy groups -OCH3 is 2. The fourth-order valence-electron chi connectivity index (χ4n) is 4.61. The Morgan fingerprint density at radius 2 is 2.06 bits per heavy atom. The minimum absolute atomic E-state index is 0.0149. The third kappa shape index (κ3) is 3.91. The summed E-state index contributed by atoms with van der Waals surface area (Å²) in [4.78, 5) is 27.0. The van der Waals surface area contributed by atoms with Gasteiger partial charge in [0.2, 0.25) is 11.8 Å². The molecule has 3 N–H and O–H groups in total. The number of halogens is 1. The molecule has 3 atom stereocenters. The molecule has 0 aromatic heterocycles. The first kappa shape index (κ1) is 22.8. The summed E-state index contributed by atoms with van der Waals surface area (Å²) in [6.07, 6.45) is 3.41. The number of carbonyl (C=O) groups is 2. The first-order valence-electron chi connectivity index (χ1n) is 10.3. The van der Waals surface area contributed by atoms with Crippen LogP contribution in [0.15, 0.2) is 36.4 Å². The molecule has 2 heterocycles. The van der Waals surface area contributed by atoms with Crippen molar-refractivity contribution in [1.29, 1.82) is 0 Å². The van der Waals surface area contributed by atoms with E-state index in [1.807, 2.05) is 6.26 Å². The van der Waals surface area contributed by atoms with Gasteiger partial charge in [-0.15, -0.1) is 0 Å². The second-order valence-electron chi connectivity index (χ2n) is 7.92. The summed E-state index contributed by atoms with van der Waals surface area (Å²) in [6, 6.07) is 10.5. The van der Waals surface area contributed by atoms with Gasteiger partial charge in [-0.05, 0) is 55.2 Å². The number of ether oxygens (including phenoxy) is 2. The second kappa shape index (κ2) is 9.21. The molecule has 1 saturated heterocycles. The summed E-state index contributed by atoms with van der Waals surface area (Å²) in [5.41, 5.74) is 0.692. The van der Waals surface area contributed by atoms with Crippen molar-refractivity contribution in [3.63, 3.8) is 0 Å². The molecule has 0 bridgehead atoms. The van der Waals surface area contributed by atoms with Crippen molar-refractivity contribution >= 4 is 46.6 Å². The maximum absolute atomic E-state index is 13.6. The summed E-state index contributed by atoms with van der Waals surface area (Å²) < 4.78 is 10.7. The lowest BCUT2D eigenvalue weighted by Gasteiger charge is -2.29. The molecule has 2 amide bonds. The van der Waals surface area contributed by atoms with Gasteiger partial charge in [-0.25, -0.2) is 0 Å². The highest BCUT2D eigenvalue weighted by Crippen LogP contribution is 2.48. The summed E-state index contributed by atoms with van der Waals surface area (Å²) in [5, 5.41) is 9.92. The smallest absolute Gasteiger partial charge is 0.250 e. The van der Waals surface area contributed by atoms with Gasteiger partial charge in [-0.1, -0.05) is 11.6 Å². The van der Waals surface area contributed by atoms with Crippen LogP contribution in [-0.4, -0.2) is 44.1 Å². The van der Waals surface area contributed by atoms with E-state index in [0.29, 0.717) is 39.9 Å². The van der Waals surface area contributed by atoms with Crippen LogP contribution in [0.3, 0.4) is 0 Å². The number of nitrogens with one attached hydrogen (secondary N) is 3. The van der Waals surface area contributed by atoms with Crippen LogP contribution in [0.25, 0.3) is 0 Å². The Kier molecular flexibility index (Phi) is 6.55. The Balaban J connectivity index is 1.72. The van der Waals surface area contributed by atoms with Crippen molar-refractivity contribution in [1.82, 2.24) is 5.32 Å². The van der Waals surface area contributed by atoms with Crippen LogP contribution in [0.4, 0.5) is 11.4 Å². The topological polar surface area (TPSA) is 88.7 Å². The fourth-order valence-corrected chi connectivity index (χ4v) is 5.30. The molecule has 32 heavy (non-hydrogen) atoms. The van der Waals surface area contributed by atoms with Crippen LogP contribution in [0.2, 0.25) is 5.02 Å². The highest BCUT2D eigenvalue weighted by Gasteiger charge is 2.60. The van der Waals surface area contributed by atoms with Crippen molar-refractivity contribution in [2.24, 2.45) is 5.92 Å². The molecule has 4 rings (SSSR count). The van der Waals surface area contributed by atoms with Gasteiger partial charge < -0.3 is 20.1 Å². The molecule has 2 aliphatic rings. The number of hydrogen-bond acceptors (Lipinski definition) is 6. The molecule has 7 nitrogen and oxygen atoms in total. The molecule has 0 radical (unpaired) electrons. The molecule has 1 fully saturated rings. The third-order valence-electron chi connectivity index (χ3n) is 6.14. The van der Waals surface area contributed by atoms with Crippen molar-refractivity contribution in [2.75, 3.05) is 36.9 Å². The van der Waals surface area contributed by atoms with Gasteiger partial charge in [0.25, 0.3) is 0 Å². The number of fused-ring (bicyclic) bond motifs is 2. The summed E-state index contributed by atoms with van der Waals surface area (Å²) in [6.45, 7) is 0. The van der Waals surface area contributed by atoms with Crippen molar-refractivity contribution in [2.45, 2.75) is 24.4 Å². The number of thioether (sulfide) groups is 1. The minimum Gasteiger partial charge on any atom is -0.497 e. The van der Waals surface area contributed by atoms with Gasteiger partial charge in [0, 0.05) is 28.4 Å². The number of anilines is 2. The molecule has 2 aromatic rings. The molecule has 2 aliphatic heterocycles. The number of benzene rings is 2. The molecular weight excluding hydrogens is 450 g/mol. The van der Waals surface area contributed by atoms with Gasteiger partial charge in [0.05, 0.1) is 25.8 Å². The molecule has 2 aromatic carbocycles. The zero-order chi connectivity index (χ0) is 22.9. The van der Waals surface area contributed by atoms with E-state index in [1.165, 1.54) is 7.11 Å². The van der Waals surface area contributed by atoms with Crippen LogP contribution in [0, 0.1) is 5.92 Å². The van der Waals surface area contributed by atoms with E-state index in [1.54, 1.807) is 55.3 Å². The fraction of sp³-hybridized carbons (Fsp3) is 0.391. The first-order valence-corrected chi connectivity index (χ1v) is 12.1. The number of carbonyl (C=O) groups excluding carboxylic acids is 2. The lowest BCUT2D eigenvalue weighted by Crippen LogP contribution is -2.52. The van der Waals surface area contributed by atoms with E-state index in [2.05, 4.69) is 16.0 Å². The van der Waals surface area contributed by atoms with E-state index in [9.17, 15) is 9.59 Å². The maximum atomic E-state index is 13.6. The predicted molar refractivity (Wildman–Crippen MR) is 128 cm³/mol. The van der Waals surface area contributed by atoms with E-state index < -0.39 is 11.5 Å². The third-order valence-corrected chi connectivity index (χ3v) is 7.02. The normalized spacial score (nSPS) is 23.7. The minimum atomic E-state index is -1.18. The van der Waals surface area contributed by atoms with Crippen molar-refractivity contribution in [3.05, 3.63) is 47.0 Å². The lowest BCUT2D eigenvalue weighted by atomic mass is 9.79. The summed E-state index contributed by atoms with van der Waals surface area (Å²) in [7, 11) is 3.10. The molecule has 9 heteroatoms. The quantitative estimate of drug-likeness (QED) is 0.563. The van der Waals surface area contributed by atoms with Crippen molar-refractivity contribution in [3.8, 4) is 11.5 Å². The van der Waals surface area contributed by atoms with Crippen LogP contribution < -0.4 is 25.4 Å². The van der Waals surface area contributed by atoms with Crippen molar-refractivity contribution < 1.29 is 19.1 Å². The Morgan fingerprint density at radius 3 is 2.78 bits per heavy atom. The standard InChI is InChI=1S/C23H26ClN3O4S/c1-30-15-5-7-20(31-2)19(12-15)25-21(28)17-11-14(8-9-32-3)27-23(17)16-10-13(24)4-6-18(16)26-22(23)29/h4-7,10,12,14,17,27H,8-9,11H2,1-3H3,(H,25,28)(H,26,29)/t14-,17+,23-/m1/s1. The van der Waals surface area contributed by atoms with E-state index in [-0.39, 0.29) is 17.9 Å². The van der Waals surface area contributed by atoms with Gasteiger partial charge in [0.15, 0.2) is 0 Å². The SMILES string of the molecule is COc1ccc(OC)c(NC(=O)[C@@H]2C[C@@H](CCSC)N[C@@]23C(=O)Nc2ccc(Cl)cc23)c1. The van der Waals surface area contributed by atoms with E-state index >= 15 is 0 Å². The zero-order valence-corrected chi connectivity index (χ0v) is 19.7. The average molecular weight is 476 g/mol. The van der Waals surface area contributed by atoms with Gasteiger partial charge in [-0.3, -0.25) is 14.9 Å². The predicted octanol–water partition coefficient (Wildman–Crippen LogP) is 3.87. The van der Waals surface area contributed by atoms with Gasteiger partial charge in [0.1, 0.15) is 17.0 Å². The van der Waals surface area contributed by atoms with Crippen LogP contribution in [-0.2, 0) is 15.1 Å². The maximum Gasteiger partial charge on any atom is 0.250 e. The zero-order valence-electron chi connectivity index (χ0n) is 18.2. The van der Waals surface area contributed by atoms with E-state index in [0.717, 1.165) is 12.2 Å². The van der Waals surface area contributed by atoms with Crippen LogP contribution in [0.1, 0.15) is 18.4 Å². The van der Waals surface area contributed by atoms with Gasteiger partial charge >= 0.3 is 0 Å². The Morgan fingerprint density at radius 1 is 1.25 bits per heavy atom. The second-order valence-corrected chi connectivity index (χ2v) is 9.34. The molecule has 1 spiro atoms. The number of amides is 2. The Bertz CT molecular complexity index is 1050. The largest absolute Gasteiger partial charge is 0.497 e. The Labute approximate surface area is 196 Å². The monoisotopic (exact) mass is 475 g/mol. The number of hydrogen-bond donors (Lipinski definition) is 3. The van der Waals surface area contributed by atoms with Crippen LogP contribution in [0.5, 0.6) is 11.5 Å². The molecule has 0 unspecified atom stereocenters. The highest BCUT2D eigenvalue weighted by molar-refractivity contribution is 7.98. The Hall–Kier alpha value is -2.42. The molecule has 0 saturated carbocycles. The summed E-state index contributed by atoms with van der Waals surface area (Å²) >= 11 is 8.02. The summed E-state index contributed by atoms with van der Waals surface area (Å²) in [5.74, 6) is 0.893. The first-order chi connectivity index (χ1) is 15.4. The molecule has 0 aliphatic carbocycles. The highest BCUT2D eigenvalue weighted by atomic mass is 35.5. The number of rotatable bonds is 7. The average Bonchev–Trinajstić information content (AvgIpc) is 3.31. The van der Waals surface area contributed by atoms with E-state index in [4.69, 9.17) is 21.1 Å².